The number of aromatic nitrogens is 2. The Labute approximate surface area is 335 Å². The van der Waals surface area contributed by atoms with Crippen LogP contribution in [0.5, 0.6) is 0 Å². The number of H-pyrrole nitrogens is 2. The Morgan fingerprint density at radius 3 is 2.42 bits per heavy atom. The van der Waals surface area contributed by atoms with Crippen molar-refractivity contribution >= 4 is 79.7 Å². The number of aromatic amines is 2. The zero-order valence-electron chi connectivity index (χ0n) is 32.5. The minimum Gasteiger partial charge on any atom is -0.504 e. The van der Waals surface area contributed by atoms with Crippen molar-refractivity contribution in [1.29, 1.82) is 0 Å². The number of aliphatic hydroxyl groups excluding tert-OH is 2. The quantitative estimate of drug-likeness (QED) is 0.0256. The number of fused-ring (bicyclic) bond motifs is 3. The van der Waals surface area contributed by atoms with Gasteiger partial charge < -0.3 is 36.1 Å². The molecule has 2 aromatic heterocycles. The number of hydrogen-bond donors (Lipinski definition) is 7. The highest BCUT2D eigenvalue weighted by molar-refractivity contribution is 8.00. The van der Waals surface area contributed by atoms with Crippen molar-refractivity contribution < 1.29 is 34.2 Å². The number of anilines is 1. The first-order valence-electron chi connectivity index (χ1n) is 19.7. The van der Waals surface area contributed by atoms with Gasteiger partial charge in [0.1, 0.15) is 5.78 Å². The Morgan fingerprint density at radius 2 is 1.63 bits per heavy atom. The summed E-state index contributed by atoms with van der Waals surface area (Å²) in [6.07, 6.45) is 10.6. The van der Waals surface area contributed by atoms with Gasteiger partial charge in [-0.1, -0.05) is 48.8 Å². The van der Waals surface area contributed by atoms with E-state index < -0.39 is 23.1 Å². The van der Waals surface area contributed by atoms with Crippen LogP contribution in [0.3, 0.4) is 0 Å². The Hall–Kier alpha value is -5.56. The van der Waals surface area contributed by atoms with Crippen molar-refractivity contribution in [2.24, 2.45) is 0 Å². The molecule has 2 saturated heterocycles. The summed E-state index contributed by atoms with van der Waals surface area (Å²) in [5.41, 5.74) is 4.60. The van der Waals surface area contributed by atoms with Crippen molar-refractivity contribution in [3.63, 3.8) is 0 Å². The molecule has 7 N–H and O–H groups in total. The molecule has 2 aliphatic heterocycles. The van der Waals surface area contributed by atoms with Crippen LogP contribution in [0.15, 0.2) is 65.8 Å². The molecule has 0 radical (unpaired) electrons. The summed E-state index contributed by atoms with van der Waals surface area (Å²) in [5.74, 6) is -2.19. The molecule has 0 spiro atoms. The van der Waals surface area contributed by atoms with Gasteiger partial charge in [0.15, 0.2) is 11.5 Å². The van der Waals surface area contributed by atoms with Gasteiger partial charge in [-0.05, 0) is 70.6 Å². The maximum Gasteiger partial charge on any atom is 0.315 e. The van der Waals surface area contributed by atoms with Crippen molar-refractivity contribution in [3.8, 4) is 0 Å². The van der Waals surface area contributed by atoms with E-state index in [-0.39, 0.29) is 41.0 Å². The lowest BCUT2D eigenvalue weighted by Gasteiger charge is -2.18. The molecular weight excluding hydrogens is 743 g/mol. The van der Waals surface area contributed by atoms with E-state index in [1.54, 1.807) is 37.4 Å². The van der Waals surface area contributed by atoms with Crippen LogP contribution in [0.4, 0.5) is 10.5 Å². The number of allylic oxidation sites excluding steroid dienone is 4. The van der Waals surface area contributed by atoms with E-state index >= 15 is 0 Å². The van der Waals surface area contributed by atoms with E-state index in [4.69, 9.17) is 0 Å². The molecule has 3 unspecified atom stereocenters. The number of benzene rings is 2. The third kappa shape index (κ3) is 8.30. The predicted molar refractivity (Wildman–Crippen MR) is 224 cm³/mol. The van der Waals surface area contributed by atoms with E-state index in [0.717, 1.165) is 54.5 Å². The first-order chi connectivity index (χ1) is 27.4. The molecule has 298 valence electrons. The zero-order valence-corrected chi connectivity index (χ0v) is 33.3. The number of para-hydroxylation sites is 1. The monoisotopic (exact) mass is 791 g/mol. The minimum absolute atomic E-state index is 0.0802. The van der Waals surface area contributed by atoms with E-state index in [0.29, 0.717) is 76.2 Å². The molecule has 3 aliphatic rings. The topological polar surface area (TPSA) is 193 Å². The summed E-state index contributed by atoms with van der Waals surface area (Å²) in [6, 6.07) is 11.1. The Morgan fingerprint density at radius 1 is 0.895 bits per heavy atom. The molecule has 12 nitrogen and oxygen atoms in total. The van der Waals surface area contributed by atoms with Crippen molar-refractivity contribution in [3.05, 3.63) is 88.1 Å². The molecule has 0 saturated carbocycles. The second-order valence-corrected chi connectivity index (χ2v) is 16.8. The number of rotatable bonds is 16. The van der Waals surface area contributed by atoms with Crippen molar-refractivity contribution in [2.75, 3.05) is 11.1 Å². The fraction of sp³-hybridized carbons (Fsp3) is 0.386. The molecule has 13 heteroatoms. The SMILES string of the molecule is CC(C)=CCc1cccc2c(C3=C(O)C(=O)C(c4c(C)[nH]c5cc(NC(=O)CCCCCC(=O)CCCCC6SCC7NC(=O)NC76)ccc45)=C(O)C3=O)c[nH]c12. The number of aliphatic hydroxyl groups is 2. The van der Waals surface area contributed by atoms with Gasteiger partial charge in [-0.25, -0.2) is 4.79 Å². The molecule has 4 heterocycles. The van der Waals surface area contributed by atoms with Gasteiger partial charge in [0.25, 0.3) is 0 Å². The smallest absolute Gasteiger partial charge is 0.315 e. The number of urea groups is 1. The highest BCUT2D eigenvalue weighted by atomic mass is 32.2. The van der Waals surface area contributed by atoms with Gasteiger partial charge in [-0.15, -0.1) is 0 Å². The molecule has 3 amide bonds. The van der Waals surface area contributed by atoms with E-state index in [9.17, 15) is 34.2 Å². The zero-order chi connectivity index (χ0) is 40.4. The van der Waals surface area contributed by atoms with Crippen molar-refractivity contribution in [2.45, 2.75) is 102 Å². The number of carbonyl (C=O) groups excluding carboxylic acids is 5. The van der Waals surface area contributed by atoms with Crippen LogP contribution in [0, 0.1) is 6.92 Å². The van der Waals surface area contributed by atoms with Crippen LogP contribution in [0.25, 0.3) is 33.0 Å². The van der Waals surface area contributed by atoms with Crippen molar-refractivity contribution in [1.82, 2.24) is 20.6 Å². The number of amides is 3. The number of hydrogen-bond acceptors (Lipinski definition) is 8. The summed E-state index contributed by atoms with van der Waals surface area (Å²) < 4.78 is 0. The average Bonchev–Trinajstić information content (AvgIpc) is 3.94. The lowest BCUT2D eigenvalue weighted by Crippen LogP contribution is -2.36. The summed E-state index contributed by atoms with van der Waals surface area (Å²) >= 11 is 1.89. The predicted octanol–water partition coefficient (Wildman–Crippen LogP) is 8.04. The highest BCUT2D eigenvalue weighted by Gasteiger charge is 2.42. The number of ketones is 3. The number of unbranched alkanes of at least 4 members (excludes halogenated alkanes) is 3. The average molecular weight is 792 g/mol. The molecular formula is C44H49N5O7S. The largest absolute Gasteiger partial charge is 0.504 e. The van der Waals surface area contributed by atoms with Crippen LogP contribution in [-0.2, 0) is 25.6 Å². The van der Waals surface area contributed by atoms with Gasteiger partial charge in [0.05, 0.1) is 23.2 Å². The lowest BCUT2D eigenvalue weighted by atomic mass is 9.85. The van der Waals surface area contributed by atoms with Gasteiger partial charge in [-0.2, -0.15) is 11.8 Å². The first kappa shape index (κ1) is 39.7. The normalized spacial score (nSPS) is 19.4. The number of thioether (sulfide) groups is 1. The molecule has 1 aliphatic carbocycles. The first-order valence-corrected chi connectivity index (χ1v) is 20.8. The van der Waals surface area contributed by atoms with Crippen LogP contribution in [0.1, 0.15) is 94.0 Å². The highest BCUT2D eigenvalue weighted by Crippen LogP contribution is 2.41. The molecule has 7 rings (SSSR count). The number of Topliss-reactive ketones (excluding diaryl/α,β-unsaturated/α-hetero) is 3. The summed E-state index contributed by atoms with van der Waals surface area (Å²) in [4.78, 5) is 70.7. The minimum atomic E-state index is -0.865. The fourth-order valence-corrected chi connectivity index (χ4v) is 9.79. The van der Waals surface area contributed by atoms with E-state index in [2.05, 4.69) is 32.0 Å². The molecule has 57 heavy (non-hydrogen) atoms. The van der Waals surface area contributed by atoms with Crippen LogP contribution >= 0.6 is 11.8 Å². The van der Waals surface area contributed by atoms with E-state index in [1.165, 1.54) is 0 Å². The van der Waals surface area contributed by atoms with Gasteiger partial charge in [-0.3, -0.25) is 19.2 Å². The molecule has 2 fully saturated rings. The lowest BCUT2D eigenvalue weighted by molar-refractivity contribution is -0.119. The third-order valence-electron chi connectivity index (χ3n) is 11.2. The maximum absolute atomic E-state index is 13.8. The van der Waals surface area contributed by atoms with Gasteiger partial charge in [0, 0.05) is 80.8 Å². The maximum atomic E-state index is 13.8. The molecule has 3 atom stereocenters. The second-order valence-electron chi connectivity index (χ2n) is 15.5. The Bertz CT molecular complexity index is 2380. The Balaban J connectivity index is 0.918. The molecule has 2 aromatic carbocycles. The summed E-state index contributed by atoms with van der Waals surface area (Å²) in [6.45, 7) is 5.73. The van der Waals surface area contributed by atoms with E-state index in [1.807, 2.05) is 37.7 Å². The van der Waals surface area contributed by atoms with Crippen LogP contribution in [0.2, 0.25) is 0 Å². The van der Waals surface area contributed by atoms with Gasteiger partial charge in [0.2, 0.25) is 17.5 Å². The van der Waals surface area contributed by atoms with Crippen LogP contribution < -0.4 is 16.0 Å². The number of aryl methyl sites for hydroxylation is 1. The standard InChI is InChI=1S/C44H49N5O7S/c1-23(2)16-17-25-10-9-13-28-30(21-45-38(25)28)36-40(52)42(54)37(43(55)41(36)53)35-24(3)46-31-20-26(18-19-29(31)35)47-34(51)15-6-4-5-11-27(50)12-7-8-14-33-39-32(22-57-33)48-44(56)49-39/h9-10,13,16,18-21,32-33,39,45-46,52,55H,4-8,11-12,14-15,17,22H2,1-3H3,(H,47,51)(H2,48,49,56). The van der Waals surface area contributed by atoms with Gasteiger partial charge >= 0.3 is 6.03 Å². The summed E-state index contributed by atoms with van der Waals surface area (Å²) in [5, 5.41) is 33.0. The molecule has 0 bridgehead atoms. The Kier molecular flexibility index (Phi) is 11.8. The number of carbonyl (C=O) groups is 5. The third-order valence-corrected chi connectivity index (χ3v) is 12.7. The second kappa shape index (κ2) is 16.9. The number of nitrogens with one attached hydrogen (secondary N) is 5. The molecule has 4 aromatic rings. The van der Waals surface area contributed by atoms with Crippen LogP contribution in [-0.4, -0.2) is 72.6 Å². The summed E-state index contributed by atoms with van der Waals surface area (Å²) in [7, 11) is 0. The fourth-order valence-electron chi connectivity index (χ4n) is 8.24.